The van der Waals surface area contributed by atoms with E-state index in [-0.39, 0.29) is 18.7 Å². The number of hydrogen-bond donors (Lipinski definition) is 6. The van der Waals surface area contributed by atoms with Crippen LogP contribution in [0.3, 0.4) is 0 Å². The minimum absolute atomic E-state index is 0.143. The molecule has 0 aromatic heterocycles. The highest BCUT2D eigenvalue weighted by atomic mass is 16.7. The summed E-state index contributed by atoms with van der Waals surface area (Å²) in [5, 5.41) is 13.5. The monoisotopic (exact) mass is 417 g/mol. The molecule has 8 atom stereocenters. The van der Waals surface area contributed by atoms with Crippen LogP contribution in [0.2, 0.25) is 0 Å². The molecule has 10 heteroatoms. The van der Waals surface area contributed by atoms with Crippen LogP contribution in [0.4, 0.5) is 4.79 Å². The third-order valence-electron chi connectivity index (χ3n) is 5.69. The Labute approximate surface area is 173 Å². The van der Waals surface area contributed by atoms with Crippen molar-refractivity contribution in [3.63, 3.8) is 0 Å². The Morgan fingerprint density at radius 1 is 1.10 bits per heavy atom. The van der Waals surface area contributed by atoms with Gasteiger partial charge < -0.3 is 47.6 Å². The minimum atomic E-state index is -1.16. The van der Waals surface area contributed by atoms with Gasteiger partial charge in [0.1, 0.15) is 18.3 Å². The summed E-state index contributed by atoms with van der Waals surface area (Å²) in [5.41, 5.74) is 23.9. The van der Waals surface area contributed by atoms with Crippen LogP contribution in [0.5, 0.6) is 0 Å². The van der Waals surface area contributed by atoms with Crippen LogP contribution in [-0.4, -0.2) is 73.1 Å². The number of unbranched alkanes of at least 4 members (excludes halogenated alkanes) is 3. The Hall–Kier alpha value is -1.01. The fraction of sp³-hybridized carbons (Fsp3) is 0.947. The number of carbonyl (C=O) groups excluding carboxylic acids is 1. The highest BCUT2D eigenvalue weighted by Gasteiger charge is 2.46. The van der Waals surface area contributed by atoms with Crippen molar-refractivity contribution in [2.24, 2.45) is 22.9 Å². The lowest BCUT2D eigenvalue weighted by Crippen LogP contribution is -2.64. The molecule has 2 fully saturated rings. The molecule has 29 heavy (non-hydrogen) atoms. The number of nitrogens with two attached hydrogens (primary N) is 4. The molecule has 10 N–H and O–H groups in total. The summed E-state index contributed by atoms with van der Waals surface area (Å²) in [6.45, 7) is 2.93. The molecule has 0 unspecified atom stereocenters. The van der Waals surface area contributed by atoms with Crippen molar-refractivity contribution in [3.05, 3.63) is 0 Å². The molecular weight excluding hydrogens is 378 g/mol. The number of nitrogens with one attached hydrogen (secondary N) is 1. The maximum absolute atomic E-state index is 12.1. The smallest absolute Gasteiger partial charge is 0.407 e. The number of alkyl carbamates (subject to hydrolysis) is 1. The van der Waals surface area contributed by atoms with E-state index in [0.717, 1.165) is 25.7 Å². The van der Waals surface area contributed by atoms with E-state index in [1.807, 2.05) is 0 Å². The Morgan fingerprint density at radius 2 is 1.83 bits per heavy atom. The summed E-state index contributed by atoms with van der Waals surface area (Å²) in [7, 11) is 0. The fourth-order valence-electron chi connectivity index (χ4n) is 3.91. The van der Waals surface area contributed by atoms with Gasteiger partial charge in [0, 0.05) is 31.2 Å². The first-order valence-electron chi connectivity index (χ1n) is 10.8. The van der Waals surface area contributed by atoms with E-state index in [1.165, 1.54) is 0 Å². The van der Waals surface area contributed by atoms with Gasteiger partial charge in [-0.25, -0.2) is 4.79 Å². The lowest BCUT2D eigenvalue weighted by atomic mass is 9.84. The molecule has 2 aliphatic rings. The predicted octanol–water partition coefficient (Wildman–Crippen LogP) is -0.743. The van der Waals surface area contributed by atoms with E-state index >= 15 is 0 Å². The van der Waals surface area contributed by atoms with Gasteiger partial charge in [-0.2, -0.15) is 0 Å². The average molecular weight is 418 g/mol. The van der Waals surface area contributed by atoms with Crippen molar-refractivity contribution in [1.29, 1.82) is 0 Å². The predicted molar refractivity (Wildman–Crippen MR) is 109 cm³/mol. The molecule has 2 rings (SSSR count). The number of amides is 1. The van der Waals surface area contributed by atoms with Crippen molar-refractivity contribution in [2.45, 2.75) is 101 Å². The highest BCUT2D eigenvalue weighted by molar-refractivity contribution is 5.67. The fourth-order valence-corrected chi connectivity index (χ4v) is 3.91. The van der Waals surface area contributed by atoms with Crippen LogP contribution in [-0.2, 0) is 14.2 Å². The molecule has 1 aliphatic carbocycles. The standard InChI is InChI=1S/C19H39N5O5/c1-2-3-4-5-8-24-19(26)29-18-13(23)9-12(22)17(16(18)25)28-15-7-6-11(21)14(10-20)27-15/h11-18,25H,2-10,20-23H2,1H3,(H,24,26)/t11-,12-,13+,14+,15+,16-,17+,18-/m0/s1. The number of carbonyl (C=O) groups is 1. The normalized spacial score (nSPS) is 37.9. The summed E-state index contributed by atoms with van der Waals surface area (Å²) >= 11 is 0. The van der Waals surface area contributed by atoms with Gasteiger partial charge in [0.15, 0.2) is 6.29 Å². The molecule has 10 nitrogen and oxygen atoms in total. The second-order valence-electron chi connectivity index (χ2n) is 8.09. The molecule has 0 spiro atoms. The van der Waals surface area contributed by atoms with Crippen LogP contribution in [0.1, 0.15) is 51.9 Å². The first kappa shape index (κ1) is 24.3. The first-order chi connectivity index (χ1) is 13.9. The summed E-state index contributed by atoms with van der Waals surface area (Å²) < 4.78 is 17.1. The SMILES string of the molecule is CCCCCCNC(=O)O[C@@H]1[C@@H](O)[C@H](O[C@@H]2CC[C@H](N)[C@@H](CN)O2)[C@@H](N)C[C@H]1N. The van der Waals surface area contributed by atoms with Crippen molar-refractivity contribution in [3.8, 4) is 0 Å². The number of rotatable bonds is 9. The van der Waals surface area contributed by atoms with Gasteiger partial charge in [0.25, 0.3) is 0 Å². The lowest BCUT2D eigenvalue weighted by molar-refractivity contribution is -0.248. The summed E-state index contributed by atoms with van der Waals surface area (Å²) in [4.78, 5) is 12.1. The van der Waals surface area contributed by atoms with Crippen LogP contribution < -0.4 is 28.3 Å². The van der Waals surface area contributed by atoms with Gasteiger partial charge in [-0.05, 0) is 25.7 Å². The van der Waals surface area contributed by atoms with Gasteiger partial charge in [0.2, 0.25) is 0 Å². The van der Waals surface area contributed by atoms with Crippen LogP contribution in [0.25, 0.3) is 0 Å². The van der Waals surface area contributed by atoms with Crippen molar-refractivity contribution in [1.82, 2.24) is 5.32 Å². The zero-order valence-electron chi connectivity index (χ0n) is 17.4. The second kappa shape index (κ2) is 12.0. The molecule has 1 saturated carbocycles. The number of aliphatic hydroxyl groups is 1. The van der Waals surface area contributed by atoms with Gasteiger partial charge in [-0.15, -0.1) is 0 Å². The second-order valence-corrected chi connectivity index (χ2v) is 8.09. The Bertz CT molecular complexity index is 500. The molecule has 0 aromatic rings. The molecule has 170 valence electrons. The highest BCUT2D eigenvalue weighted by Crippen LogP contribution is 2.27. The summed E-state index contributed by atoms with van der Waals surface area (Å²) in [6, 6.07) is -1.23. The average Bonchev–Trinajstić information content (AvgIpc) is 2.69. The largest absolute Gasteiger partial charge is 0.442 e. The number of hydrogen-bond acceptors (Lipinski definition) is 9. The van der Waals surface area contributed by atoms with E-state index in [9.17, 15) is 9.90 Å². The van der Waals surface area contributed by atoms with Crippen molar-refractivity contribution < 1.29 is 24.1 Å². The zero-order chi connectivity index (χ0) is 21.4. The number of ether oxygens (including phenoxy) is 3. The Kier molecular flexibility index (Phi) is 10.0. The minimum Gasteiger partial charge on any atom is -0.442 e. The molecule has 1 saturated heterocycles. The molecule has 1 amide bonds. The summed E-state index contributed by atoms with van der Waals surface area (Å²) in [6.07, 6.45) is 1.47. The van der Waals surface area contributed by atoms with E-state index in [4.69, 9.17) is 37.1 Å². The van der Waals surface area contributed by atoms with Crippen LogP contribution in [0, 0.1) is 0 Å². The molecule has 1 heterocycles. The maximum Gasteiger partial charge on any atom is 0.407 e. The van der Waals surface area contributed by atoms with E-state index < -0.39 is 42.8 Å². The molecule has 0 radical (unpaired) electrons. The molecule has 1 aliphatic heterocycles. The Morgan fingerprint density at radius 3 is 2.52 bits per heavy atom. The third kappa shape index (κ3) is 7.02. The maximum atomic E-state index is 12.1. The van der Waals surface area contributed by atoms with Gasteiger partial charge in [-0.1, -0.05) is 26.2 Å². The van der Waals surface area contributed by atoms with Crippen LogP contribution >= 0.6 is 0 Å². The van der Waals surface area contributed by atoms with E-state index in [1.54, 1.807) is 0 Å². The third-order valence-corrected chi connectivity index (χ3v) is 5.69. The van der Waals surface area contributed by atoms with E-state index in [2.05, 4.69) is 12.2 Å². The van der Waals surface area contributed by atoms with Crippen LogP contribution in [0.15, 0.2) is 0 Å². The molecular formula is C19H39N5O5. The van der Waals surface area contributed by atoms with Crippen molar-refractivity contribution >= 4 is 6.09 Å². The lowest BCUT2D eigenvalue weighted by Gasteiger charge is -2.44. The van der Waals surface area contributed by atoms with E-state index in [0.29, 0.717) is 25.8 Å². The number of aliphatic hydroxyl groups excluding tert-OH is 1. The molecule has 0 aromatic carbocycles. The van der Waals surface area contributed by atoms with Crippen molar-refractivity contribution in [2.75, 3.05) is 13.1 Å². The summed E-state index contributed by atoms with van der Waals surface area (Å²) in [5.74, 6) is 0. The quantitative estimate of drug-likeness (QED) is 0.263. The Balaban J connectivity index is 1.87. The van der Waals surface area contributed by atoms with Gasteiger partial charge >= 0.3 is 6.09 Å². The first-order valence-corrected chi connectivity index (χ1v) is 10.8. The topological polar surface area (TPSA) is 181 Å². The van der Waals surface area contributed by atoms with Gasteiger partial charge in [0.05, 0.1) is 6.10 Å². The van der Waals surface area contributed by atoms with Gasteiger partial charge in [-0.3, -0.25) is 0 Å². The zero-order valence-corrected chi connectivity index (χ0v) is 17.4. The molecule has 0 bridgehead atoms.